The number of alkyl halides is 3. The summed E-state index contributed by atoms with van der Waals surface area (Å²) in [5.74, 6) is -0.211. The summed E-state index contributed by atoms with van der Waals surface area (Å²) in [6.45, 7) is 10.0. The Morgan fingerprint density at radius 2 is 1.47 bits per heavy atom. The van der Waals surface area contributed by atoms with Crippen LogP contribution in [0.15, 0.2) is 0 Å². The van der Waals surface area contributed by atoms with Crippen molar-refractivity contribution in [3.63, 3.8) is 0 Å². The molecule has 17 heavy (non-hydrogen) atoms. The predicted octanol–water partition coefficient (Wildman–Crippen LogP) is 2.78. The average molecular weight is 313 g/mol. The zero-order valence-corrected chi connectivity index (χ0v) is 13.4. The molecule has 0 aliphatic rings. The van der Waals surface area contributed by atoms with Crippen LogP contribution in [0, 0.1) is 0 Å². The predicted molar refractivity (Wildman–Crippen MR) is 76.0 cm³/mol. The number of halogens is 3. The van der Waals surface area contributed by atoms with Crippen molar-refractivity contribution in [2.24, 2.45) is 0 Å². The van der Waals surface area contributed by atoms with Gasteiger partial charge >= 0.3 is 5.97 Å². The van der Waals surface area contributed by atoms with Crippen molar-refractivity contribution >= 4 is 40.8 Å². The number of aliphatic hydroxyl groups excluding tert-OH is 1. The number of hydrogen-bond acceptors (Lipinski definition) is 4. The number of hydrogen-bond donors (Lipinski definition) is 2. The Morgan fingerprint density at radius 1 is 1.18 bits per heavy atom. The van der Waals surface area contributed by atoms with E-state index in [0.29, 0.717) is 6.61 Å². The van der Waals surface area contributed by atoms with Crippen LogP contribution in [-0.2, 0) is 9.53 Å². The Hall–Kier alpha value is 0.260. The third-order valence-electron chi connectivity index (χ3n) is 0.848. The van der Waals surface area contributed by atoms with Crippen molar-refractivity contribution in [2.75, 3.05) is 26.8 Å². The maximum Gasteiger partial charge on any atom is 0.302 e. The highest BCUT2D eigenvalue weighted by molar-refractivity contribution is 6.63. The van der Waals surface area contributed by atoms with Gasteiger partial charge in [-0.05, 0) is 20.0 Å². The molecule has 0 spiro atoms. The van der Waals surface area contributed by atoms with E-state index in [-0.39, 0.29) is 5.97 Å². The lowest BCUT2D eigenvalue weighted by Gasteiger charge is -1.89. The van der Waals surface area contributed by atoms with Gasteiger partial charge in [-0.2, -0.15) is 0 Å². The molecule has 0 aliphatic carbocycles. The Kier molecular flexibility index (Phi) is 45.6. The van der Waals surface area contributed by atoms with Gasteiger partial charge in [-0.15, -0.1) is 0 Å². The third-order valence-corrected chi connectivity index (χ3v) is 0.848. The summed E-state index contributed by atoms with van der Waals surface area (Å²) in [5, 5.41) is 10.1. The summed E-state index contributed by atoms with van der Waals surface area (Å²) in [7, 11) is 1.00. The normalized spacial score (nSPS) is 7.65. The number of esters is 1. The van der Waals surface area contributed by atoms with Gasteiger partial charge in [0, 0.05) is 14.0 Å². The molecule has 0 atom stereocenters. The summed E-state index contributed by atoms with van der Waals surface area (Å²) in [5.41, 5.74) is 0. The highest BCUT2D eigenvalue weighted by atomic mass is 35.6. The van der Waals surface area contributed by atoms with Gasteiger partial charge in [0.1, 0.15) is 0 Å². The molecule has 108 valence electrons. The van der Waals surface area contributed by atoms with Crippen LogP contribution in [0.25, 0.3) is 0 Å². The lowest BCUT2D eigenvalue weighted by Crippen LogP contribution is -2.09. The zero-order chi connectivity index (χ0) is 14.7. The highest BCUT2D eigenvalue weighted by Gasteiger charge is 1.81. The lowest BCUT2D eigenvalue weighted by atomic mass is 10.7. The average Bonchev–Trinajstić information content (AvgIpc) is 2.21. The molecular weight excluding hydrogens is 288 g/mol. The van der Waals surface area contributed by atoms with Gasteiger partial charge in [0.05, 0.1) is 6.61 Å². The fourth-order valence-electron chi connectivity index (χ4n) is 0.453. The van der Waals surface area contributed by atoms with Crippen molar-refractivity contribution in [2.45, 2.75) is 32.0 Å². The van der Waals surface area contributed by atoms with Crippen LogP contribution in [0.1, 0.15) is 27.7 Å². The molecule has 0 radical (unpaired) electrons. The van der Waals surface area contributed by atoms with Gasteiger partial charge in [-0.1, -0.05) is 48.7 Å². The van der Waals surface area contributed by atoms with E-state index in [9.17, 15) is 4.79 Å². The van der Waals surface area contributed by atoms with E-state index in [1.54, 1.807) is 6.92 Å². The van der Waals surface area contributed by atoms with Gasteiger partial charge < -0.3 is 15.2 Å². The van der Waals surface area contributed by atoms with Crippen molar-refractivity contribution in [1.82, 2.24) is 5.32 Å². The van der Waals surface area contributed by atoms with E-state index in [1.165, 1.54) is 6.92 Å². The monoisotopic (exact) mass is 311 g/mol. The quantitative estimate of drug-likeness (QED) is 0.621. The van der Waals surface area contributed by atoms with Crippen molar-refractivity contribution in [3.05, 3.63) is 0 Å². The molecule has 2 N–H and O–H groups in total. The van der Waals surface area contributed by atoms with Crippen LogP contribution in [0.4, 0.5) is 0 Å². The fourth-order valence-corrected chi connectivity index (χ4v) is 0.453. The molecule has 0 unspecified atom stereocenters. The maximum absolute atomic E-state index is 9.82. The first kappa shape index (κ1) is 26.0. The minimum atomic E-state index is -0.750. The summed E-state index contributed by atoms with van der Waals surface area (Å²) in [4.78, 5) is 9.82. The van der Waals surface area contributed by atoms with Crippen molar-refractivity contribution < 1.29 is 14.6 Å². The number of aliphatic hydroxyl groups is 1. The van der Waals surface area contributed by atoms with E-state index in [1.807, 2.05) is 0 Å². The van der Waals surface area contributed by atoms with E-state index in [4.69, 9.17) is 39.9 Å². The summed E-state index contributed by atoms with van der Waals surface area (Å²) in [6, 6.07) is 0. The molecule has 0 bridgehead atoms. The Balaban J connectivity index is -0.0000000705. The summed E-state index contributed by atoms with van der Waals surface area (Å²) < 4.78 is 3.65. The first-order valence-electron chi connectivity index (χ1n) is 5.13. The van der Waals surface area contributed by atoms with Gasteiger partial charge in [-0.3, -0.25) is 4.79 Å². The van der Waals surface area contributed by atoms with E-state index >= 15 is 0 Å². The second-order valence-electron chi connectivity index (χ2n) is 2.13. The summed E-state index contributed by atoms with van der Waals surface area (Å²) >= 11 is 14.4. The molecule has 0 aromatic heterocycles. The van der Waals surface area contributed by atoms with Crippen LogP contribution < -0.4 is 5.32 Å². The number of nitrogens with one attached hydrogen (secondary N) is 1. The second-order valence-corrected chi connectivity index (χ2v) is 4.11. The van der Waals surface area contributed by atoms with Gasteiger partial charge in [0.2, 0.25) is 0 Å². The van der Waals surface area contributed by atoms with Crippen LogP contribution in [-0.4, -0.2) is 42.2 Å². The van der Waals surface area contributed by atoms with Crippen molar-refractivity contribution in [3.8, 4) is 0 Å². The zero-order valence-electron chi connectivity index (χ0n) is 11.1. The second kappa shape index (κ2) is 29.9. The molecule has 0 rings (SSSR count). The van der Waals surface area contributed by atoms with E-state index in [0.717, 1.165) is 20.2 Å². The Labute approximate surface area is 120 Å². The SMILES string of the molecule is CCNCC.CCOC(C)=O.CO.ClC(Cl)Cl. The molecule has 0 aromatic rings. The largest absolute Gasteiger partial charge is 0.466 e. The van der Waals surface area contributed by atoms with Gasteiger partial charge in [0.15, 0.2) is 4.30 Å². The minimum Gasteiger partial charge on any atom is -0.466 e. The number of rotatable bonds is 3. The maximum atomic E-state index is 9.82. The number of carbonyl (C=O) groups is 1. The van der Waals surface area contributed by atoms with Gasteiger partial charge in [0.25, 0.3) is 0 Å². The Bertz CT molecular complexity index is 123. The number of ether oxygens (including phenoxy) is 1. The molecule has 0 amide bonds. The molecular formula is C10H24Cl3NO3. The first-order chi connectivity index (χ1) is 7.92. The third kappa shape index (κ3) is 120. The first-order valence-corrected chi connectivity index (χ1v) is 6.44. The molecule has 0 aromatic carbocycles. The molecule has 7 heteroatoms. The molecule has 4 nitrogen and oxygen atoms in total. The fraction of sp³-hybridized carbons (Fsp3) is 0.900. The molecule has 0 heterocycles. The molecule has 0 saturated heterocycles. The highest BCUT2D eigenvalue weighted by Crippen LogP contribution is 2.03. The van der Waals surface area contributed by atoms with Crippen LogP contribution in [0.5, 0.6) is 0 Å². The van der Waals surface area contributed by atoms with Gasteiger partial charge in [-0.25, -0.2) is 0 Å². The molecule has 0 aliphatic heterocycles. The smallest absolute Gasteiger partial charge is 0.302 e. The van der Waals surface area contributed by atoms with Crippen LogP contribution in [0.3, 0.4) is 0 Å². The van der Waals surface area contributed by atoms with E-state index < -0.39 is 4.30 Å². The van der Waals surface area contributed by atoms with Crippen molar-refractivity contribution in [1.29, 1.82) is 0 Å². The molecule has 0 saturated carbocycles. The lowest BCUT2D eigenvalue weighted by molar-refractivity contribution is -0.140. The number of carbonyl (C=O) groups excluding carboxylic acids is 1. The minimum absolute atomic E-state index is 0.211. The summed E-state index contributed by atoms with van der Waals surface area (Å²) in [6.07, 6.45) is 0. The van der Waals surface area contributed by atoms with Crippen LogP contribution >= 0.6 is 34.8 Å². The Morgan fingerprint density at radius 3 is 1.47 bits per heavy atom. The van der Waals surface area contributed by atoms with Crippen LogP contribution in [0.2, 0.25) is 0 Å². The molecule has 0 fully saturated rings. The standard InChI is InChI=1S/C4H11N.C4H8O2.CHCl3.CH4O/c1-3-5-4-2;1-3-6-4(2)5;2-1(3)4;1-2/h5H,3-4H2,1-2H3;3H2,1-2H3;1H;2H,1H3. The van der Waals surface area contributed by atoms with E-state index in [2.05, 4.69) is 23.9 Å². The topological polar surface area (TPSA) is 58.6 Å².